The van der Waals surface area contributed by atoms with Crippen LogP contribution in [0.5, 0.6) is 0 Å². The van der Waals surface area contributed by atoms with Crippen LogP contribution in [-0.2, 0) is 6.42 Å². The molecule has 0 fully saturated rings. The molecule has 0 radical (unpaired) electrons. The second-order valence-electron chi connectivity index (χ2n) is 4.23. The second-order valence-corrected chi connectivity index (χ2v) is 4.98. The molecule has 0 saturated carbocycles. The second kappa shape index (κ2) is 6.39. The summed E-state index contributed by atoms with van der Waals surface area (Å²) in [5, 5.41) is 6.47. The molecule has 19 heavy (non-hydrogen) atoms. The van der Waals surface area contributed by atoms with E-state index in [2.05, 4.69) is 46.3 Å². The van der Waals surface area contributed by atoms with Gasteiger partial charge in [0.05, 0.1) is 5.69 Å². The van der Waals surface area contributed by atoms with Crippen molar-refractivity contribution in [3.8, 4) is 0 Å². The number of aromatic nitrogens is 1. The molecule has 2 rings (SSSR count). The summed E-state index contributed by atoms with van der Waals surface area (Å²) in [6.45, 7) is 2.12. The number of benzene rings is 1. The molecule has 0 aliphatic heterocycles. The average Bonchev–Trinajstić information content (AvgIpc) is 2.40. The highest BCUT2D eigenvalue weighted by Gasteiger charge is 2.06. The van der Waals surface area contributed by atoms with Crippen molar-refractivity contribution < 1.29 is 0 Å². The maximum Gasteiger partial charge on any atom is 0.147 e. The Labute approximate surface area is 115 Å². The number of anilines is 3. The van der Waals surface area contributed by atoms with Gasteiger partial charge in [-0.3, -0.25) is 0 Å². The molecule has 0 bridgehead atoms. The molecule has 0 saturated heterocycles. The van der Waals surface area contributed by atoms with Crippen LogP contribution in [0.15, 0.2) is 36.5 Å². The largest absolute Gasteiger partial charge is 0.385 e. The smallest absolute Gasteiger partial charge is 0.147 e. The molecule has 1 aromatic heterocycles. The Morgan fingerprint density at radius 1 is 1.32 bits per heavy atom. The number of nitrogens with two attached hydrogens (primary N) is 1. The fourth-order valence-electron chi connectivity index (χ4n) is 2.08. The lowest BCUT2D eigenvalue weighted by Gasteiger charge is -2.12. The van der Waals surface area contributed by atoms with E-state index in [0.29, 0.717) is 14.5 Å². The minimum Gasteiger partial charge on any atom is -0.385 e. The van der Waals surface area contributed by atoms with E-state index in [9.17, 15) is 0 Å². The zero-order valence-electron chi connectivity index (χ0n) is 11.2. The van der Waals surface area contributed by atoms with Crippen molar-refractivity contribution in [3.05, 3.63) is 47.7 Å². The first-order chi connectivity index (χ1) is 9.24. The number of hydrogen-bond donors (Lipinski definition) is 3. The summed E-state index contributed by atoms with van der Waals surface area (Å²) in [6.07, 6.45) is 2.59. The van der Waals surface area contributed by atoms with Gasteiger partial charge < -0.3 is 16.1 Å². The van der Waals surface area contributed by atoms with Crippen LogP contribution >= 0.6 is 8.73 Å². The average molecular weight is 274 g/mol. The Morgan fingerprint density at radius 2 is 2.16 bits per heavy atom. The zero-order chi connectivity index (χ0) is 13.7. The molecule has 1 aromatic carbocycles. The summed E-state index contributed by atoms with van der Waals surface area (Å²) in [6, 6.07) is 10.5. The Hall–Kier alpha value is -1.80. The molecule has 4 nitrogen and oxygen atoms in total. The van der Waals surface area contributed by atoms with Gasteiger partial charge in [0.15, 0.2) is 0 Å². The third-order valence-electron chi connectivity index (χ3n) is 2.91. The standard InChI is InChI=1S/C14H19N4P/c1-16-13-11(6-7-17-14(13)15)8-10-4-3-5-12(9-10)18-19-2/h3-7,9,16,18-19H,8H2,1-2H3,(H2,15,17). The van der Waals surface area contributed by atoms with Crippen molar-refractivity contribution in [1.82, 2.24) is 4.98 Å². The van der Waals surface area contributed by atoms with E-state index in [-0.39, 0.29) is 0 Å². The molecular weight excluding hydrogens is 255 g/mol. The first-order valence-corrected chi connectivity index (χ1v) is 7.67. The number of nitrogens with one attached hydrogen (secondary N) is 2. The molecule has 1 atom stereocenters. The molecule has 0 aliphatic carbocycles. The van der Waals surface area contributed by atoms with Crippen molar-refractivity contribution in [3.63, 3.8) is 0 Å². The van der Waals surface area contributed by atoms with Crippen molar-refractivity contribution in [2.24, 2.45) is 0 Å². The highest BCUT2D eigenvalue weighted by atomic mass is 31.1. The van der Waals surface area contributed by atoms with E-state index in [1.165, 1.54) is 5.56 Å². The van der Waals surface area contributed by atoms with E-state index in [4.69, 9.17) is 5.73 Å². The summed E-state index contributed by atoms with van der Waals surface area (Å²) in [5.41, 5.74) is 10.4. The number of nitrogens with zero attached hydrogens (tertiary/aromatic N) is 1. The Morgan fingerprint density at radius 3 is 2.89 bits per heavy atom. The highest BCUT2D eigenvalue weighted by Crippen LogP contribution is 2.24. The van der Waals surface area contributed by atoms with E-state index in [1.807, 2.05) is 13.1 Å². The maximum absolute atomic E-state index is 5.88. The molecule has 0 spiro atoms. The normalized spacial score (nSPS) is 10.8. The van der Waals surface area contributed by atoms with Crippen LogP contribution in [0.25, 0.3) is 0 Å². The van der Waals surface area contributed by atoms with Crippen molar-refractivity contribution in [1.29, 1.82) is 0 Å². The first-order valence-electron chi connectivity index (χ1n) is 6.17. The zero-order valence-corrected chi connectivity index (χ0v) is 12.2. The molecule has 0 aliphatic rings. The van der Waals surface area contributed by atoms with E-state index in [1.54, 1.807) is 6.20 Å². The quantitative estimate of drug-likeness (QED) is 0.734. The van der Waals surface area contributed by atoms with Crippen LogP contribution in [0.1, 0.15) is 11.1 Å². The van der Waals surface area contributed by atoms with Gasteiger partial charge in [-0.2, -0.15) is 0 Å². The van der Waals surface area contributed by atoms with Crippen LogP contribution < -0.4 is 16.1 Å². The summed E-state index contributed by atoms with van der Waals surface area (Å²) in [4.78, 5) is 4.10. The fraction of sp³-hybridized carbons (Fsp3) is 0.214. The van der Waals surface area contributed by atoms with Crippen molar-refractivity contribution >= 4 is 25.9 Å². The number of rotatable bonds is 5. The Kier molecular flexibility index (Phi) is 4.58. The molecule has 5 heteroatoms. The number of pyridine rings is 1. The molecule has 0 amide bonds. The predicted octanol–water partition coefficient (Wildman–Crippen LogP) is 2.93. The number of hydrogen-bond acceptors (Lipinski definition) is 4. The van der Waals surface area contributed by atoms with Gasteiger partial charge >= 0.3 is 0 Å². The van der Waals surface area contributed by atoms with E-state index < -0.39 is 0 Å². The Balaban J connectivity index is 2.26. The summed E-state index contributed by atoms with van der Waals surface area (Å²) >= 11 is 0. The van der Waals surface area contributed by atoms with Crippen LogP contribution in [0.3, 0.4) is 0 Å². The third kappa shape index (κ3) is 3.36. The fourth-order valence-corrected chi connectivity index (χ4v) is 2.52. The third-order valence-corrected chi connectivity index (χ3v) is 3.45. The molecule has 1 heterocycles. The van der Waals surface area contributed by atoms with Crippen molar-refractivity contribution in [2.45, 2.75) is 6.42 Å². The number of nitrogen functional groups attached to an aromatic ring is 1. The lowest BCUT2D eigenvalue weighted by Crippen LogP contribution is -2.03. The lowest BCUT2D eigenvalue weighted by molar-refractivity contribution is 1.16. The van der Waals surface area contributed by atoms with Gasteiger partial charge in [0.1, 0.15) is 5.82 Å². The Bertz CT molecular complexity index is 557. The molecule has 4 N–H and O–H groups in total. The highest BCUT2D eigenvalue weighted by molar-refractivity contribution is 7.38. The monoisotopic (exact) mass is 274 g/mol. The van der Waals surface area contributed by atoms with Gasteiger partial charge in [0.2, 0.25) is 0 Å². The molecule has 1 unspecified atom stereocenters. The minimum absolute atomic E-state index is 0.546. The van der Waals surface area contributed by atoms with Crippen LogP contribution in [0.4, 0.5) is 17.2 Å². The van der Waals surface area contributed by atoms with Crippen molar-refractivity contribution in [2.75, 3.05) is 29.9 Å². The molecule has 2 aromatic rings. The lowest BCUT2D eigenvalue weighted by atomic mass is 10.0. The van der Waals surface area contributed by atoms with Crippen LogP contribution in [0.2, 0.25) is 0 Å². The van der Waals surface area contributed by atoms with Gasteiger partial charge in [-0.25, -0.2) is 4.98 Å². The van der Waals surface area contributed by atoms with E-state index >= 15 is 0 Å². The maximum atomic E-state index is 5.88. The topological polar surface area (TPSA) is 63.0 Å². The van der Waals surface area contributed by atoms with Crippen LogP contribution in [-0.4, -0.2) is 18.7 Å². The van der Waals surface area contributed by atoms with Gasteiger partial charge in [-0.15, -0.1) is 0 Å². The minimum atomic E-state index is 0.546. The summed E-state index contributed by atoms with van der Waals surface area (Å²) < 4.78 is 0. The molecule has 100 valence electrons. The summed E-state index contributed by atoms with van der Waals surface area (Å²) in [5.74, 6) is 0.546. The van der Waals surface area contributed by atoms with Gasteiger partial charge in [0.25, 0.3) is 0 Å². The van der Waals surface area contributed by atoms with E-state index in [0.717, 1.165) is 23.4 Å². The predicted molar refractivity (Wildman–Crippen MR) is 85.3 cm³/mol. The van der Waals surface area contributed by atoms with Gasteiger partial charge in [-0.05, 0) is 51.1 Å². The summed E-state index contributed by atoms with van der Waals surface area (Å²) in [7, 11) is 2.57. The molecular formula is C14H19N4P. The first kappa shape index (κ1) is 13.6. The van der Waals surface area contributed by atoms with Gasteiger partial charge in [0, 0.05) is 18.9 Å². The van der Waals surface area contributed by atoms with Crippen LogP contribution in [0, 0.1) is 0 Å². The van der Waals surface area contributed by atoms with Gasteiger partial charge in [-0.1, -0.05) is 12.1 Å². The SMILES string of the molecule is CNc1c(Cc2cccc(NPC)c2)ccnc1N.